The lowest BCUT2D eigenvalue weighted by Gasteiger charge is -2.44. The Bertz CT molecular complexity index is 796. The molecule has 2 heterocycles. The van der Waals surface area contributed by atoms with Crippen LogP contribution in [0.3, 0.4) is 0 Å². The van der Waals surface area contributed by atoms with Crippen LogP contribution in [0.4, 0.5) is 15.9 Å². The molecule has 0 aliphatic carbocycles. The molecule has 5 nitrogen and oxygen atoms in total. The number of hydrogen-bond donors (Lipinski definition) is 1. The van der Waals surface area contributed by atoms with Crippen LogP contribution in [-0.4, -0.2) is 24.0 Å². The average molecular weight is 343 g/mol. The molecule has 0 saturated heterocycles. The lowest BCUT2D eigenvalue weighted by Crippen LogP contribution is -2.48. The topological polar surface area (TPSA) is 54.5 Å². The van der Waals surface area contributed by atoms with Crippen molar-refractivity contribution in [1.82, 2.24) is 4.98 Å². The van der Waals surface area contributed by atoms with Gasteiger partial charge < -0.3 is 15.0 Å². The van der Waals surface area contributed by atoms with Crippen LogP contribution in [0.25, 0.3) is 0 Å². The zero-order valence-electron chi connectivity index (χ0n) is 14.8. The molecule has 1 amide bonds. The van der Waals surface area contributed by atoms with Crippen molar-refractivity contribution < 1.29 is 13.9 Å². The number of nitrogens with one attached hydrogen (secondary N) is 1. The van der Waals surface area contributed by atoms with Crippen molar-refractivity contribution >= 4 is 17.4 Å². The Morgan fingerprint density at radius 2 is 2.04 bits per heavy atom. The van der Waals surface area contributed by atoms with Crippen molar-refractivity contribution in [1.29, 1.82) is 0 Å². The van der Waals surface area contributed by atoms with Gasteiger partial charge in [0.15, 0.2) is 0 Å². The minimum atomic E-state index is -0.325. The molecule has 1 aromatic heterocycles. The molecule has 0 saturated carbocycles. The molecule has 2 aromatic rings. The maximum atomic E-state index is 13.9. The van der Waals surface area contributed by atoms with Crippen LogP contribution >= 0.6 is 0 Å². The Labute approximate surface area is 146 Å². The molecule has 0 radical (unpaired) electrons. The molecule has 1 aromatic carbocycles. The lowest BCUT2D eigenvalue weighted by molar-refractivity contribution is -0.117. The summed E-state index contributed by atoms with van der Waals surface area (Å²) in [6, 6.07) is 7.91. The molecule has 3 rings (SSSR count). The molecule has 1 aliphatic rings. The van der Waals surface area contributed by atoms with E-state index in [1.165, 1.54) is 19.1 Å². The third-order valence-corrected chi connectivity index (χ3v) is 4.89. The van der Waals surface area contributed by atoms with Gasteiger partial charge in [-0.15, -0.1) is 0 Å². The Hall–Kier alpha value is -2.63. The second-order valence-electron chi connectivity index (χ2n) is 6.39. The number of benzene rings is 1. The average Bonchev–Trinajstić information content (AvgIpc) is 2.59. The third-order valence-electron chi connectivity index (χ3n) is 4.89. The van der Waals surface area contributed by atoms with E-state index >= 15 is 0 Å². The molecule has 0 fully saturated rings. The summed E-state index contributed by atoms with van der Waals surface area (Å²) < 4.78 is 19.1. The molecule has 0 spiro atoms. The molecule has 3 atom stereocenters. The zero-order valence-corrected chi connectivity index (χ0v) is 14.8. The first kappa shape index (κ1) is 17.2. The summed E-state index contributed by atoms with van der Waals surface area (Å²) in [5, 5.41) is 3.38. The molecule has 132 valence electrons. The summed E-state index contributed by atoms with van der Waals surface area (Å²) in [6.07, 6.45) is 1.66. The molecule has 25 heavy (non-hydrogen) atoms. The number of ether oxygens (including phenoxy) is 1. The Balaban J connectivity index is 2.04. The molecular weight excluding hydrogens is 321 g/mol. The van der Waals surface area contributed by atoms with Gasteiger partial charge in [-0.2, -0.15) is 0 Å². The highest BCUT2D eigenvalue weighted by molar-refractivity contribution is 5.94. The van der Waals surface area contributed by atoms with Crippen LogP contribution in [0.15, 0.2) is 36.5 Å². The van der Waals surface area contributed by atoms with Gasteiger partial charge in [-0.3, -0.25) is 4.79 Å². The number of fused-ring (bicyclic) bond motifs is 1. The van der Waals surface area contributed by atoms with Crippen molar-refractivity contribution in [2.24, 2.45) is 5.92 Å². The maximum absolute atomic E-state index is 13.9. The Morgan fingerprint density at radius 1 is 1.28 bits per heavy atom. The van der Waals surface area contributed by atoms with Crippen LogP contribution < -0.4 is 15.0 Å². The third kappa shape index (κ3) is 3.16. The summed E-state index contributed by atoms with van der Waals surface area (Å²) in [4.78, 5) is 18.2. The van der Waals surface area contributed by atoms with E-state index in [0.29, 0.717) is 11.6 Å². The van der Waals surface area contributed by atoms with Gasteiger partial charge >= 0.3 is 0 Å². The van der Waals surface area contributed by atoms with E-state index in [-0.39, 0.29) is 29.7 Å². The molecule has 3 unspecified atom stereocenters. The number of pyridine rings is 1. The largest absolute Gasteiger partial charge is 0.497 e. The van der Waals surface area contributed by atoms with Crippen molar-refractivity contribution in [2.75, 3.05) is 17.3 Å². The van der Waals surface area contributed by atoms with Gasteiger partial charge in [0.1, 0.15) is 17.4 Å². The normalized spacial score (nSPS) is 22.3. The van der Waals surface area contributed by atoms with Gasteiger partial charge in [0.05, 0.1) is 13.2 Å². The molecule has 1 N–H and O–H groups in total. The molecule has 0 bridgehead atoms. The van der Waals surface area contributed by atoms with E-state index in [9.17, 15) is 9.18 Å². The Kier molecular flexibility index (Phi) is 4.61. The zero-order chi connectivity index (χ0) is 18.1. The SMILES string of the molecule is COc1ccnc(NC2c3cc(F)ccc3N(C(C)=O)C(C)C2C)c1. The first-order chi connectivity index (χ1) is 11.9. The number of nitrogens with zero attached hydrogens (tertiary/aromatic N) is 2. The van der Waals surface area contributed by atoms with Gasteiger partial charge in [0, 0.05) is 42.4 Å². The number of methoxy groups -OCH3 is 1. The van der Waals surface area contributed by atoms with Crippen molar-refractivity contribution in [3.8, 4) is 5.75 Å². The molecule has 6 heteroatoms. The van der Waals surface area contributed by atoms with Gasteiger partial charge in [-0.1, -0.05) is 6.92 Å². The van der Waals surface area contributed by atoms with Crippen LogP contribution in [0.5, 0.6) is 5.75 Å². The smallest absolute Gasteiger partial charge is 0.224 e. The summed E-state index contributed by atoms with van der Waals surface area (Å²) in [6.45, 7) is 5.59. The predicted molar refractivity (Wildman–Crippen MR) is 95.3 cm³/mol. The fourth-order valence-corrected chi connectivity index (χ4v) is 3.45. The van der Waals surface area contributed by atoms with Gasteiger partial charge in [0.2, 0.25) is 5.91 Å². The van der Waals surface area contributed by atoms with Crippen LogP contribution in [0.2, 0.25) is 0 Å². The monoisotopic (exact) mass is 343 g/mol. The standard InChI is InChI=1S/C19H22FN3O2/c1-11-12(2)23(13(3)24)17-6-5-14(20)9-16(17)19(11)22-18-10-15(25-4)7-8-21-18/h5-12,19H,1-4H3,(H,21,22). The van der Waals surface area contributed by atoms with Crippen molar-refractivity contribution in [3.63, 3.8) is 0 Å². The second kappa shape index (κ2) is 6.70. The number of halogens is 1. The number of rotatable bonds is 3. The van der Waals surface area contributed by atoms with E-state index in [1.54, 1.807) is 36.4 Å². The van der Waals surface area contributed by atoms with Crippen molar-refractivity contribution in [2.45, 2.75) is 32.9 Å². The van der Waals surface area contributed by atoms with Gasteiger partial charge in [-0.05, 0) is 31.2 Å². The molecule has 1 aliphatic heterocycles. The fraction of sp³-hybridized carbons (Fsp3) is 0.368. The summed E-state index contributed by atoms with van der Waals surface area (Å²) >= 11 is 0. The number of hydrogen-bond acceptors (Lipinski definition) is 4. The summed E-state index contributed by atoms with van der Waals surface area (Å²) in [5.41, 5.74) is 1.49. The van der Waals surface area contributed by atoms with Crippen LogP contribution in [0.1, 0.15) is 32.4 Å². The highest BCUT2D eigenvalue weighted by atomic mass is 19.1. The second-order valence-corrected chi connectivity index (χ2v) is 6.39. The highest BCUT2D eigenvalue weighted by Gasteiger charge is 2.38. The van der Waals surface area contributed by atoms with Crippen molar-refractivity contribution in [3.05, 3.63) is 47.9 Å². The lowest BCUT2D eigenvalue weighted by atomic mass is 9.82. The van der Waals surface area contributed by atoms with Gasteiger partial charge in [0.25, 0.3) is 0 Å². The number of carbonyl (C=O) groups excluding carboxylic acids is 1. The van der Waals surface area contributed by atoms with Gasteiger partial charge in [-0.25, -0.2) is 9.37 Å². The summed E-state index contributed by atoms with van der Waals surface area (Å²) in [5.74, 6) is 1.03. The fourth-order valence-electron chi connectivity index (χ4n) is 3.45. The number of aromatic nitrogens is 1. The maximum Gasteiger partial charge on any atom is 0.224 e. The number of carbonyl (C=O) groups is 1. The number of amides is 1. The van der Waals surface area contributed by atoms with E-state index in [4.69, 9.17) is 4.74 Å². The predicted octanol–water partition coefficient (Wildman–Crippen LogP) is 3.77. The number of anilines is 2. The minimum Gasteiger partial charge on any atom is -0.497 e. The van der Waals surface area contributed by atoms with Crippen LogP contribution in [0, 0.1) is 11.7 Å². The molecular formula is C19H22FN3O2. The quantitative estimate of drug-likeness (QED) is 0.922. The van der Waals surface area contributed by atoms with E-state index in [2.05, 4.69) is 10.3 Å². The van der Waals surface area contributed by atoms with E-state index in [1.807, 2.05) is 13.8 Å². The highest BCUT2D eigenvalue weighted by Crippen LogP contribution is 2.42. The van der Waals surface area contributed by atoms with Crippen LogP contribution in [-0.2, 0) is 4.79 Å². The first-order valence-electron chi connectivity index (χ1n) is 8.28. The van der Waals surface area contributed by atoms with E-state index < -0.39 is 0 Å². The van der Waals surface area contributed by atoms with E-state index in [0.717, 1.165) is 11.3 Å². The first-order valence-corrected chi connectivity index (χ1v) is 8.28. The minimum absolute atomic E-state index is 0.0291. The summed E-state index contributed by atoms with van der Waals surface area (Å²) in [7, 11) is 1.60. The Morgan fingerprint density at radius 3 is 2.72 bits per heavy atom.